The standard InChI is InChI=1S/C64H111NO8/c1-6-8-10-12-14-16-18-19-20-21-22-23-24-25-26-27-28-29-30-31-32-33-34-35-36-37-38-39-40-41-42-43-45-47-49-51-53-55-62(67)73-60(59-72-64(63(68)69)70-57-56-65(3,4)5)58-71-61(66)54-52-50-48-46-44-17-15-13-11-9-7-2/h8,10,13-16,19-20,22-23,25-26,28-29,60,64H,6-7,9,11-12,17-18,21,24,27,30-59H2,1-5H3/p+1/b10-8-,15-13-,16-14-,20-19-,23-22-,26-25-,29-28-. The highest BCUT2D eigenvalue weighted by Gasteiger charge is 2.25. The fraction of sp³-hybridized carbons (Fsp3) is 0.734. The van der Waals surface area contributed by atoms with Gasteiger partial charge in [0.05, 0.1) is 34.4 Å². The molecule has 0 saturated carbocycles. The van der Waals surface area contributed by atoms with Gasteiger partial charge in [0.25, 0.3) is 6.29 Å². The first-order valence-corrected chi connectivity index (χ1v) is 29.8. The molecule has 420 valence electrons. The van der Waals surface area contributed by atoms with Crippen molar-refractivity contribution in [1.82, 2.24) is 0 Å². The van der Waals surface area contributed by atoms with Crippen LogP contribution in [-0.2, 0) is 33.3 Å². The van der Waals surface area contributed by atoms with E-state index < -0.39 is 24.3 Å². The van der Waals surface area contributed by atoms with Crippen molar-refractivity contribution in [3.8, 4) is 0 Å². The summed E-state index contributed by atoms with van der Waals surface area (Å²) in [6.07, 6.45) is 69.7. The molecule has 0 aliphatic carbocycles. The zero-order valence-electron chi connectivity index (χ0n) is 47.8. The molecule has 2 atom stereocenters. The molecule has 9 heteroatoms. The first-order valence-electron chi connectivity index (χ1n) is 29.8. The van der Waals surface area contributed by atoms with Gasteiger partial charge in [-0.1, -0.05) is 234 Å². The second-order valence-corrected chi connectivity index (χ2v) is 20.9. The maximum atomic E-state index is 12.8. The number of rotatable bonds is 54. The summed E-state index contributed by atoms with van der Waals surface area (Å²) in [6.45, 7) is 4.71. The number of allylic oxidation sites excluding steroid dienone is 14. The third-order valence-corrected chi connectivity index (χ3v) is 12.6. The van der Waals surface area contributed by atoms with Gasteiger partial charge in [0.15, 0.2) is 6.10 Å². The number of nitrogens with zero attached hydrogens (tertiary/aromatic N) is 1. The van der Waals surface area contributed by atoms with Gasteiger partial charge >= 0.3 is 17.9 Å². The van der Waals surface area contributed by atoms with Crippen molar-refractivity contribution >= 4 is 17.9 Å². The van der Waals surface area contributed by atoms with E-state index in [0.717, 1.165) is 103 Å². The Morgan fingerprint density at radius 3 is 1.18 bits per heavy atom. The zero-order chi connectivity index (χ0) is 53.4. The number of carboxylic acids is 1. The van der Waals surface area contributed by atoms with Crippen LogP contribution in [0.3, 0.4) is 0 Å². The van der Waals surface area contributed by atoms with Crippen LogP contribution in [0.5, 0.6) is 0 Å². The number of unbranched alkanes of at least 4 members (excludes halogenated alkanes) is 25. The molecular weight excluding hydrogens is 911 g/mol. The Kier molecular flexibility index (Phi) is 52.1. The zero-order valence-corrected chi connectivity index (χ0v) is 47.8. The fourth-order valence-electron chi connectivity index (χ4n) is 8.06. The lowest BCUT2D eigenvalue weighted by Gasteiger charge is -2.25. The van der Waals surface area contributed by atoms with Gasteiger partial charge in [-0.25, -0.2) is 4.79 Å². The lowest BCUT2D eigenvalue weighted by molar-refractivity contribution is -0.870. The minimum atomic E-state index is -1.51. The van der Waals surface area contributed by atoms with E-state index in [0.29, 0.717) is 17.4 Å². The Hall–Kier alpha value is -3.53. The van der Waals surface area contributed by atoms with Crippen LogP contribution < -0.4 is 0 Å². The Labute approximate surface area is 449 Å². The summed E-state index contributed by atoms with van der Waals surface area (Å²) in [5, 5.41) is 9.68. The van der Waals surface area contributed by atoms with Gasteiger partial charge in [0.1, 0.15) is 13.2 Å². The van der Waals surface area contributed by atoms with E-state index in [1.807, 2.05) is 21.1 Å². The molecule has 0 fully saturated rings. The van der Waals surface area contributed by atoms with Gasteiger partial charge in [0, 0.05) is 12.8 Å². The number of ether oxygens (including phenoxy) is 4. The predicted molar refractivity (Wildman–Crippen MR) is 309 cm³/mol. The molecule has 2 unspecified atom stereocenters. The topological polar surface area (TPSA) is 108 Å². The van der Waals surface area contributed by atoms with E-state index in [2.05, 4.69) is 98.9 Å². The van der Waals surface area contributed by atoms with Gasteiger partial charge in [0.2, 0.25) is 0 Å². The summed E-state index contributed by atoms with van der Waals surface area (Å²) in [7, 11) is 5.96. The minimum absolute atomic E-state index is 0.185. The Bertz CT molecular complexity index is 1470. The third-order valence-electron chi connectivity index (χ3n) is 12.6. The van der Waals surface area contributed by atoms with Crippen molar-refractivity contribution in [3.63, 3.8) is 0 Å². The van der Waals surface area contributed by atoms with Crippen LogP contribution in [0.2, 0.25) is 0 Å². The molecule has 73 heavy (non-hydrogen) atoms. The number of esters is 2. The summed E-state index contributed by atoms with van der Waals surface area (Å²) in [5.41, 5.74) is 0. The number of hydrogen-bond acceptors (Lipinski definition) is 7. The predicted octanol–water partition coefficient (Wildman–Crippen LogP) is 17.6. The van der Waals surface area contributed by atoms with Crippen molar-refractivity contribution < 1.29 is 42.9 Å². The van der Waals surface area contributed by atoms with Crippen molar-refractivity contribution in [2.45, 2.75) is 257 Å². The van der Waals surface area contributed by atoms with E-state index in [1.54, 1.807) is 0 Å². The molecule has 0 aromatic rings. The number of carbonyl (C=O) groups is 3. The Morgan fingerprint density at radius 2 is 0.781 bits per heavy atom. The van der Waals surface area contributed by atoms with Crippen LogP contribution in [-0.4, -0.2) is 87.4 Å². The number of carbonyl (C=O) groups excluding carboxylic acids is 2. The van der Waals surface area contributed by atoms with Crippen molar-refractivity contribution in [2.24, 2.45) is 0 Å². The van der Waals surface area contributed by atoms with E-state index in [1.165, 1.54) is 116 Å². The van der Waals surface area contributed by atoms with Crippen LogP contribution in [0.15, 0.2) is 85.1 Å². The highest BCUT2D eigenvalue weighted by Crippen LogP contribution is 2.16. The molecule has 0 radical (unpaired) electrons. The lowest BCUT2D eigenvalue weighted by atomic mass is 10.0. The molecular formula is C64H112NO8+. The van der Waals surface area contributed by atoms with Gasteiger partial charge in [-0.15, -0.1) is 0 Å². The molecule has 0 aliphatic rings. The van der Waals surface area contributed by atoms with Crippen LogP contribution in [0.1, 0.15) is 245 Å². The second kappa shape index (κ2) is 54.7. The minimum Gasteiger partial charge on any atom is -0.477 e. The molecule has 0 aliphatic heterocycles. The highest BCUT2D eigenvalue weighted by atomic mass is 16.7. The molecule has 1 N–H and O–H groups in total. The Balaban J connectivity index is 4.01. The van der Waals surface area contributed by atoms with Crippen molar-refractivity contribution in [2.75, 3.05) is 47.5 Å². The summed E-state index contributed by atoms with van der Waals surface area (Å²) >= 11 is 0. The highest BCUT2D eigenvalue weighted by molar-refractivity contribution is 5.71. The largest absolute Gasteiger partial charge is 0.477 e. The number of aliphatic carboxylic acids is 1. The number of quaternary nitrogens is 1. The summed E-state index contributed by atoms with van der Waals surface area (Å²) < 4.78 is 22.8. The first kappa shape index (κ1) is 69.5. The first-order chi connectivity index (χ1) is 35.6. The second-order valence-electron chi connectivity index (χ2n) is 20.9. The lowest BCUT2D eigenvalue weighted by Crippen LogP contribution is -2.40. The molecule has 0 bridgehead atoms. The number of likely N-dealkylation sites (N-methyl/N-ethyl adjacent to an activating group) is 1. The Morgan fingerprint density at radius 1 is 0.425 bits per heavy atom. The SMILES string of the molecule is CC/C=C\C/C=C\C/C=C\C/C=C\C/C=C\C/C=C\CCCCCCCCCCCCCCCCCCCCC(=O)OC(COC(=O)CCCCCCC/C=C\CCCC)COC(OCC[N+](C)(C)C)C(=O)O. The normalized spacial score (nSPS) is 13.4. The molecule has 9 nitrogen and oxygen atoms in total. The molecule has 0 aromatic heterocycles. The molecule has 0 spiro atoms. The molecule has 0 saturated heterocycles. The van der Waals surface area contributed by atoms with Crippen molar-refractivity contribution in [3.05, 3.63) is 85.1 Å². The van der Waals surface area contributed by atoms with Crippen molar-refractivity contribution in [1.29, 1.82) is 0 Å². The van der Waals surface area contributed by atoms with E-state index in [4.69, 9.17) is 18.9 Å². The van der Waals surface area contributed by atoms with Crippen LogP contribution in [0, 0.1) is 0 Å². The summed E-state index contributed by atoms with van der Waals surface area (Å²) in [6, 6.07) is 0. The van der Waals surface area contributed by atoms with E-state index in [9.17, 15) is 19.5 Å². The van der Waals surface area contributed by atoms with Crippen LogP contribution in [0.4, 0.5) is 0 Å². The third kappa shape index (κ3) is 56.0. The van der Waals surface area contributed by atoms with Crippen LogP contribution >= 0.6 is 0 Å². The molecule has 0 aromatic carbocycles. The monoisotopic (exact) mass is 1020 g/mol. The fourth-order valence-corrected chi connectivity index (χ4v) is 8.06. The summed E-state index contributed by atoms with van der Waals surface area (Å²) in [5.74, 6) is -2.01. The van der Waals surface area contributed by atoms with Gasteiger partial charge < -0.3 is 28.5 Å². The van der Waals surface area contributed by atoms with Gasteiger partial charge in [-0.2, -0.15) is 0 Å². The maximum Gasteiger partial charge on any atom is 0.361 e. The molecule has 0 amide bonds. The van der Waals surface area contributed by atoms with Gasteiger partial charge in [-0.3, -0.25) is 9.59 Å². The summed E-state index contributed by atoms with van der Waals surface area (Å²) in [4.78, 5) is 37.3. The van der Waals surface area contributed by atoms with Crippen LogP contribution in [0.25, 0.3) is 0 Å². The average Bonchev–Trinajstić information content (AvgIpc) is 3.36. The number of carboxylic acid groups (broad SMARTS) is 1. The van der Waals surface area contributed by atoms with Gasteiger partial charge in [-0.05, 0) is 83.5 Å². The molecule has 0 rings (SSSR count). The maximum absolute atomic E-state index is 12.8. The molecule has 0 heterocycles. The van der Waals surface area contributed by atoms with E-state index >= 15 is 0 Å². The van der Waals surface area contributed by atoms with E-state index in [-0.39, 0.29) is 32.2 Å². The smallest absolute Gasteiger partial charge is 0.361 e. The average molecular weight is 1020 g/mol. The number of hydrogen-bond donors (Lipinski definition) is 1. The quantitative estimate of drug-likeness (QED) is 0.0211.